The van der Waals surface area contributed by atoms with Crippen LogP contribution in [0.5, 0.6) is 0 Å². The Hall–Kier alpha value is -0.830. The second kappa shape index (κ2) is 3.50. The zero-order chi connectivity index (χ0) is 9.26. The summed E-state index contributed by atoms with van der Waals surface area (Å²) in [5.74, 6) is 2.37. The molecule has 2 N–H and O–H groups in total. The van der Waals surface area contributed by atoms with E-state index in [2.05, 4.69) is 4.98 Å². The highest BCUT2D eigenvalue weighted by Crippen LogP contribution is 2.35. The van der Waals surface area contributed by atoms with Crippen molar-refractivity contribution in [2.45, 2.75) is 45.1 Å². The minimum absolute atomic E-state index is 0.410. The fourth-order valence-corrected chi connectivity index (χ4v) is 2.12. The summed E-state index contributed by atoms with van der Waals surface area (Å²) in [6, 6.07) is 0. The maximum Gasteiger partial charge on any atom is 0.208 e. The van der Waals surface area contributed by atoms with Crippen LogP contribution in [0.2, 0.25) is 0 Å². The van der Waals surface area contributed by atoms with Gasteiger partial charge in [0.25, 0.3) is 0 Å². The summed E-state index contributed by atoms with van der Waals surface area (Å²) < 4.78 is 5.61. The van der Waals surface area contributed by atoms with Gasteiger partial charge in [-0.2, -0.15) is 0 Å². The minimum atomic E-state index is 0.410. The van der Waals surface area contributed by atoms with E-state index in [0.29, 0.717) is 18.4 Å². The third kappa shape index (κ3) is 1.61. The van der Waals surface area contributed by atoms with Crippen LogP contribution < -0.4 is 5.73 Å². The molecule has 0 spiro atoms. The number of hydrogen-bond acceptors (Lipinski definition) is 3. The van der Waals surface area contributed by atoms with E-state index in [4.69, 9.17) is 10.2 Å². The van der Waals surface area contributed by atoms with Gasteiger partial charge >= 0.3 is 0 Å². The average Bonchev–Trinajstić information content (AvgIpc) is 2.72. The Bertz CT molecular complexity index is 287. The summed E-state index contributed by atoms with van der Waals surface area (Å²) in [6.45, 7) is 2.42. The first-order chi connectivity index (χ1) is 6.31. The van der Waals surface area contributed by atoms with Crippen molar-refractivity contribution < 1.29 is 4.42 Å². The van der Waals surface area contributed by atoms with Gasteiger partial charge in [0, 0.05) is 5.92 Å². The molecular weight excluding hydrogens is 164 g/mol. The Morgan fingerprint density at radius 2 is 2.15 bits per heavy atom. The summed E-state index contributed by atoms with van der Waals surface area (Å²) in [7, 11) is 0. The molecule has 1 heterocycles. The second-order valence-electron chi connectivity index (χ2n) is 3.74. The molecule has 13 heavy (non-hydrogen) atoms. The molecule has 2 rings (SSSR count). The zero-order valence-electron chi connectivity index (χ0n) is 8.05. The van der Waals surface area contributed by atoms with E-state index >= 15 is 0 Å². The second-order valence-corrected chi connectivity index (χ2v) is 3.74. The van der Waals surface area contributed by atoms with Crippen LogP contribution in [0.3, 0.4) is 0 Å². The molecule has 0 bridgehead atoms. The highest BCUT2D eigenvalue weighted by molar-refractivity contribution is 5.14. The van der Waals surface area contributed by atoms with Crippen LogP contribution in [-0.2, 0) is 6.54 Å². The van der Waals surface area contributed by atoms with Crippen LogP contribution in [0, 0.1) is 6.92 Å². The van der Waals surface area contributed by atoms with Crippen LogP contribution in [0.4, 0.5) is 0 Å². The van der Waals surface area contributed by atoms with E-state index in [-0.39, 0.29) is 0 Å². The third-order valence-electron chi connectivity index (χ3n) is 2.78. The topological polar surface area (TPSA) is 52.0 Å². The summed E-state index contributed by atoms with van der Waals surface area (Å²) in [5.41, 5.74) is 6.51. The Kier molecular flexibility index (Phi) is 2.36. The largest absolute Gasteiger partial charge is 0.444 e. The van der Waals surface area contributed by atoms with Crippen molar-refractivity contribution in [2.75, 3.05) is 0 Å². The van der Waals surface area contributed by atoms with E-state index in [9.17, 15) is 0 Å². The van der Waals surface area contributed by atoms with E-state index in [1.54, 1.807) is 0 Å². The van der Waals surface area contributed by atoms with Gasteiger partial charge in [0.15, 0.2) is 0 Å². The van der Waals surface area contributed by atoms with Gasteiger partial charge in [-0.3, -0.25) is 0 Å². The van der Waals surface area contributed by atoms with Gasteiger partial charge in [-0.15, -0.1) is 0 Å². The predicted octanol–water partition coefficient (Wildman–Crippen LogP) is 2.10. The Morgan fingerprint density at radius 3 is 2.69 bits per heavy atom. The summed E-state index contributed by atoms with van der Waals surface area (Å²) in [4.78, 5) is 4.28. The van der Waals surface area contributed by atoms with Crippen LogP contribution >= 0.6 is 0 Å². The standard InChI is InChI=1S/C10H16N2O/c1-7-10(8-4-2-3-5-8)13-9(6-11)12-7/h8H,2-6,11H2,1H3. The molecule has 1 aliphatic carbocycles. The maximum atomic E-state index is 5.61. The van der Waals surface area contributed by atoms with Gasteiger partial charge in [-0.05, 0) is 19.8 Å². The predicted molar refractivity (Wildman–Crippen MR) is 50.3 cm³/mol. The number of nitrogens with two attached hydrogens (primary N) is 1. The normalized spacial score (nSPS) is 18.3. The van der Waals surface area contributed by atoms with E-state index in [1.807, 2.05) is 6.92 Å². The average molecular weight is 180 g/mol. The summed E-state index contributed by atoms with van der Waals surface area (Å²) in [5, 5.41) is 0. The number of nitrogens with zero attached hydrogens (tertiary/aromatic N) is 1. The molecule has 3 heteroatoms. The van der Waals surface area contributed by atoms with E-state index in [0.717, 1.165) is 11.5 Å². The monoisotopic (exact) mass is 180 g/mol. The summed E-state index contributed by atoms with van der Waals surface area (Å²) >= 11 is 0. The first kappa shape index (κ1) is 8.75. The zero-order valence-corrected chi connectivity index (χ0v) is 8.05. The lowest BCUT2D eigenvalue weighted by Gasteiger charge is -2.04. The lowest BCUT2D eigenvalue weighted by atomic mass is 10.0. The lowest BCUT2D eigenvalue weighted by molar-refractivity contribution is 0.424. The van der Waals surface area contributed by atoms with Gasteiger partial charge < -0.3 is 10.2 Å². The van der Waals surface area contributed by atoms with E-state index < -0.39 is 0 Å². The van der Waals surface area contributed by atoms with Gasteiger partial charge in [0.1, 0.15) is 5.76 Å². The molecule has 1 aromatic rings. The molecular formula is C10H16N2O. The number of aryl methyl sites for hydroxylation is 1. The van der Waals surface area contributed by atoms with Crippen molar-refractivity contribution >= 4 is 0 Å². The number of aromatic nitrogens is 1. The van der Waals surface area contributed by atoms with E-state index in [1.165, 1.54) is 25.7 Å². The van der Waals surface area contributed by atoms with Crippen molar-refractivity contribution in [2.24, 2.45) is 5.73 Å². The molecule has 1 fully saturated rings. The van der Waals surface area contributed by atoms with Crippen molar-refractivity contribution in [1.29, 1.82) is 0 Å². The minimum Gasteiger partial charge on any atom is -0.444 e. The van der Waals surface area contributed by atoms with Crippen LogP contribution in [-0.4, -0.2) is 4.98 Å². The van der Waals surface area contributed by atoms with Gasteiger partial charge in [0.05, 0.1) is 12.2 Å². The lowest BCUT2D eigenvalue weighted by Crippen LogP contribution is -1.95. The highest BCUT2D eigenvalue weighted by atomic mass is 16.4. The molecule has 1 aliphatic rings. The molecule has 0 atom stereocenters. The quantitative estimate of drug-likeness (QED) is 0.758. The molecule has 72 valence electrons. The molecule has 0 amide bonds. The fraction of sp³-hybridized carbons (Fsp3) is 0.700. The number of oxazole rings is 1. The fourth-order valence-electron chi connectivity index (χ4n) is 2.12. The van der Waals surface area contributed by atoms with Gasteiger partial charge in [0.2, 0.25) is 5.89 Å². The molecule has 0 radical (unpaired) electrons. The number of rotatable bonds is 2. The van der Waals surface area contributed by atoms with Crippen molar-refractivity contribution in [3.8, 4) is 0 Å². The molecule has 0 saturated heterocycles. The SMILES string of the molecule is Cc1nc(CN)oc1C1CCCC1. The Balaban J connectivity index is 2.22. The van der Waals surface area contributed by atoms with Crippen molar-refractivity contribution in [1.82, 2.24) is 4.98 Å². The smallest absolute Gasteiger partial charge is 0.208 e. The maximum absolute atomic E-state index is 5.61. The van der Waals surface area contributed by atoms with Crippen molar-refractivity contribution in [3.63, 3.8) is 0 Å². The van der Waals surface area contributed by atoms with Gasteiger partial charge in [-0.25, -0.2) is 4.98 Å². The highest BCUT2D eigenvalue weighted by Gasteiger charge is 2.23. The molecule has 0 unspecified atom stereocenters. The molecule has 0 aromatic carbocycles. The Morgan fingerprint density at radius 1 is 1.46 bits per heavy atom. The molecule has 1 aromatic heterocycles. The number of hydrogen-bond donors (Lipinski definition) is 1. The van der Waals surface area contributed by atoms with Crippen LogP contribution in [0.25, 0.3) is 0 Å². The van der Waals surface area contributed by atoms with Crippen molar-refractivity contribution in [3.05, 3.63) is 17.3 Å². The van der Waals surface area contributed by atoms with Gasteiger partial charge in [-0.1, -0.05) is 12.8 Å². The Labute approximate surface area is 78.3 Å². The van der Waals surface area contributed by atoms with Crippen LogP contribution in [0.15, 0.2) is 4.42 Å². The third-order valence-corrected chi connectivity index (χ3v) is 2.78. The van der Waals surface area contributed by atoms with Crippen LogP contribution in [0.1, 0.15) is 48.9 Å². The molecule has 1 saturated carbocycles. The summed E-state index contributed by atoms with van der Waals surface area (Å²) in [6.07, 6.45) is 5.14. The first-order valence-corrected chi connectivity index (χ1v) is 4.97. The molecule has 3 nitrogen and oxygen atoms in total. The molecule has 0 aliphatic heterocycles. The first-order valence-electron chi connectivity index (χ1n) is 4.97.